The molecule has 3 nitrogen and oxygen atoms in total. The van der Waals surface area contributed by atoms with E-state index < -0.39 is 0 Å². The molecule has 24 heavy (non-hydrogen) atoms. The molecule has 0 aliphatic carbocycles. The maximum atomic E-state index is 12.7. The second kappa shape index (κ2) is 7.71. The molecule has 1 amide bonds. The number of amides is 1. The molecule has 0 spiro atoms. The molecule has 1 aliphatic rings. The molecule has 126 valence electrons. The summed E-state index contributed by atoms with van der Waals surface area (Å²) in [5, 5.41) is 0.726. The van der Waals surface area contributed by atoms with E-state index in [-0.39, 0.29) is 11.9 Å². The Morgan fingerprint density at radius 1 is 1.17 bits per heavy atom. The van der Waals surface area contributed by atoms with Crippen LogP contribution in [0.25, 0.3) is 0 Å². The molecule has 1 heterocycles. The summed E-state index contributed by atoms with van der Waals surface area (Å²) in [7, 11) is 0. The van der Waals surface area contributed by atoms with Gasteiger partial charge in [-0.15, -0.1) is 0 Å². The van der Waals surface area contributed by atoms with Gasteiger partial charge >= 0.3 is 0 Å². The lowest BCUT2D eigenvalue weighted by Crippen LogP contribution is -2.31. The highest BCUT2D eigenvalue weighted by atomic mass is 35.5. The van der Waals surface area contributed by atoms with E-state index >= 15 is 0 Å². The molecule has 4 heteroatoms. The van der Waals surface area contributed by atoms with Crippen molar-refractivity contribution in [2.75, 3.05) is 13.2 Å². The average molecular weight is 344 g/mol. The molecule has 1 aliphatic heterocycles. The predicted molar refractivity (Wildman–Crippen MR) is 96.5 cm³/mol. The third-order valence-electron chi connectivity index (χ3n) is 4.42. The van der Waals surface area contributed by atoms with Crippen molar-refractivity contribution >= 4 is 17.5 Å². The molecular formula is C20H22ClNO2. The molecule has 2 aromatic carbocycles. The number of carbonyl (C=O) groups is 1. The monoisotopic (exact) mass is 343 g/mol. The summed E-state index contributed by atoms with van der Waals surface area (Å²) in [6, 6.07) is 15.8. The first-order valence-electron chi connectivity index (χ1n) is 8.44. The van der Waals surface area contributed by atoms with Gasteiger partial charge in [0, 0.05) is 11.6 Å². The number of hydrogen-bond acceptors (Lipinski definition) is 2. The lowest BCUT2D eigenvalue weighted by molar-refractivity contribution is -0.131. The van der Waals surface area contributed by atoms with Crippen molar-refractivity contribution in [2.24, 2.45) is 0 Å². The summed E-state index contributed by atoms with van der Waals surface area (Å²) < 4.78 is 5.44. The average Bonchev–Trinajstić information content (AvgIpc) is 3.07. The van der Waals surface area contributed by atoms with Gasteiger partial charge in [0.2, 0.25) is 5.91 Å². The van der Waals surface area contributed by atoms with Gasteiger partial charge in [-0.25, -0.2) is 0 Å². The summed E-state index contributed by atoms with van der Waals surface area (Å²) in [6.45, 7) is 3.43. The van der Waals surface area contributed by atoms with Crippen LogP contribution in [0, 0.1) is 0 Å². The van der Waals surface area contributed by atoms with Crippen LogP contribution in [-0.4, -0.2) is 24.0 Å². The fraction of sp³-hybridized carbons (Fsp3) is 0.350. The molecule has 0 radical (unpaired) electrons. The SMILES string of the molecule is CCOc1ccc(CC(=O)N2CCCC2c2ccc(Cl)cc2)cc1. The van der Waals surface area contributed by atoms with Gasteiger partial charge in [0.1, 0.15) is 5.75 Å². The Labute approximate surface area is 148 Å². The normalized spacial score (nSPS) is 17.1. The number of benzene rings is 2. The Hall–Kier alpha value is -2.00. The van der Waals surface area contributed by atoms with Crippen LogP contribution in [0.1, 0.15) is 36.9 Å². The van der Waals surface area contributed by atoms with Crippen LogP contribution in [0.4, 0.5) is 0 Å². The quantitative estimate of drug-likeness (QED) is 0.791. The number of halogens is 1. The molecule has 3 rings (SSSR count). The van der Waals surface area contributed by atoms with Crippen molar-refractivity contribution in [3.63, 3.8) is 0 Å². The van der Waals surface area contributed by atoms with Gasteiger partial charge in [-0.1, -0.05) is 35.9 Å². The van der Waals surface area contributed by atoms with Crippen LogP contribution in [0.15, 0.2) is 48.5 Å². The zero-order valence-electron chi connectivity index (χ0n) is 13.9. The van der Waals surface area contributed by atoms with E-state index in [1.165, 1.54) is 0 Å². The Morgan fingerprint density at radius 3 is 2.54 bits per heavy atom. The summed E-state index contributed by atoms with van der Waals surface area (Å²) >= 11 is 5.97. The lowest BCUT2D eigenvalue weighted by atomic mass is 10.0. The highest BCUT2D eigenvalue weighted by molar-refractivity contribution is 6.30. The second-order valence-corrected chi connectivity index (χ2v) is 6.49. The zero-order chi connectivity index (χ0) is 16.9. The van der Waals surface area contributed by atoms with Crippen LogP contribution < -0.4 is 4.74 Å². The van der Waals surface area contributed by atoms with Crippen molar-refractivity contribution in [1.29, 1.82) is 0 Å². The Morgan fingerprint density at radius 2 is 1.88 bits per heavy atom. The molecule has 1 saturated heterocycles. The van der Waals surface area contributed by atoms with Crippen LogP contribution in [0.5, 0.6) is 5.75 Å². The minimum atomic E-state index is 0.164. The maximum absolute atomic E-state index is 12.7. The Kier molecular flexibility index (Phi) is 5.41. The predicted octanol–water partition coefficient (Wildman–Crippen LogP) is 4.64. The first-order chi connectivity index (χ1) is 11.7. The number of rotatable bonds is 5. The van der Waals surface area contributed by atoms with Crippen molar-refractivity contribution in [3.8, 4) is 5.75 Å². The van der Waals surface area contributed by atoms with E-state index in [1.807, 2.05) is 60.4 Å². The van der Waals surface area contributed by atoms with Crippen molar-refractivity contribution < 1.29 is 9.53 Å². The fourth-order valence-electron chi connectivity index (χ4n) is 3.24. The second-order valence-electron chi connectivity index (χ2n) is 6.05. The number of carbonyl (C=O) groups excluding carboxylic acids is 1. The highest BCUT2D eigenvalue weighted by Gasteiger charge is 2.29. The van der Waals surface area contributed by atoms with E-state index in [0.29, 0.717) is 13.0 Å². The molecule has 2 aromatic rings. The molecule has 1 fully saturated rings. The van der Waals surface area contributed by atoms with Gasteiger partial charge in [0.25, 0.3) is 0 Å². The Bertz CT molecular complexity index is 682. The number of nitrogens with zero attached hydrogens (tertiary/aromatic N) is 1. The van der Waals surface area contributed by atoms with Gasteiger partial charge in [-0.2, -0.15) is 0 Å². The fourth-order valence-corrected chi connectivity index (χ4v) is 3.37. The van der Waals surface area contributed by atoms with Crippen molar-refractivity contribution in [2.45, 2.75) is 32.2 Å². The number of hydrogen-bond donors (Lipinski definition) is 0. The molecule has 0 N–H and O–H groups in total. The summed E-state index contributed by atoms with van der Waals surface area (Å²) in [5.74, 6) is 1.02. The van der Waals surface area contributed by atoms with Crippen LogP contribution >= 0.6 is 11.6 Å². The number of likely N-dealkylation sites (tertiary alicyclic amines) is 1. The van der Waals surface area contributed by atoms with Gasteiger partial charge < -0.3 is 9.64 Å². The zero-order valence-corrected chi connectivity index (χ0v) is 14.6. The lowest BCUT2D eigenvalue weighted by Gasteiger charge is -2.25. The highest BCUT2D eigenvalue weighted by Crippen LogP contribution is 2.33. The molecular weight excluding hydrogens is 322 g/mol. The number of ether oxygens (including phenoxy) is 1. The largest absolute Gasteiger partial charge is 0.494 e. The Balaban J connectivity index is 1.68. The summed E-state index contributed by atoms with van der Waals surface area (Å²) in [4.78, 5) is 14.7. The van der Waals surface area contributed by atoms with Gasteiger partial charge in [-0.3, -0.25) is 4.79 Å². The van der Waals surface area contributed by atoms with E-state index in [2.05, 4.69) is 0 Å². The van der Waals surface area contributed by atoms with Gasteiger partial charge in [-0.05, 0) is 55.2 Å². The molecule has 1 atom stereocenters. The third kappa shape index (κ3) is 3.90. The van der Waals surface area contributed by atoms with Crippen molar-refractivity contribution in [1.82, 2.24) is 4.90 Å². The van der Waals surface area contributed by atoms with Crippen LogP contribution in [0.2, 0.25) is 5.02 Å². The summed E-state index contributed by atoms with van der Waals surface area (Å²) in [6.07, 6.45) is 2.48. The van der Waals surface area contributed by atoms with E-state index in [4.69, 9.17) is 16.3 Å². The first kappa shape index (κ1) is 16.8. The minimum absolute atomic E-state index is 0.164. The topological polar surface area (TPSA) is 29.5 Å². The molecule has 0 bridgehead atoms. The summed E-state index contributed by atoms with van der Waals surface area (Å²) in [5.41, 5.74) is 2.18. The molecule has 1 unspecified atom stereocenters. The van der Waals surface area contributed by atoms with E-state index in [9.17, 15) is 4.79 Å². The minimum Gasteiger partial charge on any atom is -0.494 e. The molecule has 0 saturated carbocycles. The smallest absolute Gasteiger partial charge is 0.227 e. The standard InChI is InChI=1S/C20H22ClNO2/c1-2-24-18-11-5-15(6-12-18)14-20(23)22-13-3-4-19(22)16-7-9-17(21)10-8-16/h5-12,19H,2-4,13-14H2,1H3. The van der Waals surface area contributed by atoms with Crippen LogP contribution in [-0.2, 0) is 11.2 Å². The van der Waals surface area contributed by atoms with Gasteiger partial charge in [0.15, 0.2) is 0 Å². The maximum Gasteiger partial charge on any atom is 0.227 e. The van der Waals surface area contributed by atoms with E-state index in [0.717, 1.165) is 41.3 Å². The first-order valence-corrected chi connectivity index (χ1v) is 8.82. The third-order valence-corrected chi connectivity index (χ3v) is 4.67. The van der Waals surface area contributed by atoms with Crippen LogP contribution in [0.3, 0.4) is 0 Å². The van der Waals surface area contributed by atoms with E-state index in [1.54, 1.807) is 0 Å². The van der Waals surface area contributed by atoms with Crippen molar-refractivity contribution in [3.05, 3.63) is 64.7 Å². The van der Waals surface area contributed by atoms with Gasteiger partial charge in [0.05, 0.1) is 19.1 Å². The molecule has 0 aromatic heterocycles.